The number of carbonyl (C=O) groups excluding carboxylic acids is 1. The molecule has 0 fully saturated rings. The molecule has 1 amide bonds. The zero-order chi connectivity index (χ0) is 10.7. The highest BCUT2D eigenvalue weighted by atomic mass is 16.2. The molecule has 0 aliphatic carbocycles. The van der Waals surface area contributed by atoms with Gasteiger partial charge < -0.3 is 11.1 Å². The molecule has 78 valence electrons. The van der Waals surface area contributed by atoms with Gasteiger partial charge in [-0.2, -0.15) is 0 Å². The summed E-state index contributed by atoms with van der Waals surface area (Å²) in [5.74, 6) is -0.0649. The minimum atomic E-state index is -0.731. The average molecular weight is 186 g/mol. The second-order valence-corrected chi connectivity index (χ2v) is 5.01. The molecule has 3 nitrogen and oxygen atoms in total. The van der Waals surface area contributed by atoms with E-state index in [1.54, 1.807) is 6.92 Å². The van der Waals surface area contributed by atoms with Crippen LogP contribution in [0.5, 0.6) is 0 Å². The molecule has 13 heavy (non-hydrogen) atoms. The molecule has 0 bridgehead atoms. The highest BCUT2D eigenvalue weighted by Crippen LogP contribution is 2.11. The van der Waals surface area contributed by atoms with Gasteiger partial charge in [0.1, 0.15) is 0 Å². The fourth-order valence-corrected chi connectivity index (χ4v) is 0.708. The standard InChI is InChI=1S/C10H22N2O/c1-6-10(5,11)8(13)12-7-9(2,3)4/h6-7,11H2,1-5H3,(H,12,13). The summed E-state index contributed by atoms with van der Waals surface area (Å²) in [6, 6.07) is 0. The third kappa shape index (κ3) is 4.88. The van der Waals surface area contributed by atoms with Crippen LogP contribution in [0.25, 0.3) is 0 Å². The van der Waals surface area contributed by atoms with E-state index < -0.39 is 5.54 Å². The van der Waals surface area contributed by atoms with E-state index in [0.29, 0.717) is 13.0 Å². The van der Waals surface area contributed by atoms with E-state index in [2.05, 4.69) is 26.1 Å². The quantitative estimate of drug-likeness (QED) is 0.697. The van der Waals surface area contributed by atoms with Crippen LogP contribution in [0, 0.1) is 5.41 Å². The summed E-state index contributed by atoms with van der Waals surface area (Å²) >= 11 is 0. The number of nitrogens with two attached hydrogens (primary N) is 1. The first-order chi connectivity index (χ1) is 5.69. The normalized spacial score (nSPS) is 16.5. The van der Waals surface area contributed by atoms with Crippen LogP contribution in [0.2, 0.25) is 0 Å². The molecule has 3 N–H and O–H groups in total. The molecule has 1 atom stereocenters. The summed E-state index contributed by atoms with van der Waals surface area (Å²) in [5.41, 5.74) is 5.16. The number of hydrogen-bond acceptors (Lipinski definition) is 2. The largest absolute Gasteiger partial charge is 0.354 e. The van der Waals surface area contributed by atoms with Gasteiger partial charge in [-0.25, -0.2) is 0 Å². The third-order valence-corrected chi connectivity index (χ3v) is 2.03. The van der Waals surface area contributed by atoms with Crippen molar-refractivity contribution < 1.29 is 4.79 Å². The molecule has 1 unspecified atom stereocenters. The Morgan fingerprint density at radius 1 is 1.31 bits per heavy atom. The van der Waals surface area contributed by atoms with Gasteiger partial charge in [-0.1, -0.05) is 27.7 Å². The number of carbonyl (C=O) groups is 1. The number of amides is 1. The van der Waals surface area contributed by atoms with Crippen LogP contribution in [-0.4, -0.2) is 18.0 Å². The van der Waals surface area contributed by atoms with Crippen molar-refractivity contribution in [2.75, 3.05) is 6.54 Å². The van der Waals surface area contributed by atoms with Crippen molar-refractivity contribution in [3.63, 3.8) is 0 Å². The molecule has 0 spiro atoms. The number of rotatable bonds is 3. The van der Waals surface area contributed by atoms with Gasteiger partial charge in [-0.3, -0.25) is 4.79 Å². The molecule has 0 saturated heterocycles. The van der Waals surface area contributed by atoms with Crippen molar-refractivity contribution in [2.24, 2.45) is 11.1 Å². The molecule has 0 aromatic heterocycles. The topological polar surface area (TPSA) is 55.1 Å². The van der Waals surface area contributed by atoms with Crippen LogP contribution in [0.3, 0.4) is 0 Å². The molecular weight excluding hydrogens is 164 g/mol. The van der Waals surface area contributed by atoms with E-state index >= 15 is 0 Å². The second kappa shape index (κ2) is 4.09. The van der Waals surface area contributed by atoms with Gasteiger partial charge in [0.25, 0.3) is 0 Å². The Morgan fingerprint density at radius 2 is 1.77 bits per heavy atom. The Labute approximate surface area is 81.1 Å². The maximum atomic E-state index is 11.5. The Bertz CT molecular complexity index is 180. The molecule has 0 aliphatic heterocycles. The molecule has 0 heterocycles. The highest BCUT2D eigenvalue weighted by molar-refractivity contribution is 5.85. The van der Waals surface area contributed by atoms with Crippen LogP contribution >= 0.6 is 0 Å². The Morgan fingerprint density at radius 3 is 2.08 bits per heavy atom. The zero-order valence-electron chi connectivity index (χ0n) is 9.40. The zero-order valence-corrected chi connectivity index (χ0v) is 9.40. The lowest BCUT2D eigenvalue weighted by Crippen LogP contribution is -2.52. The smallest absolute Gasteiger partial charge is 0.239 e. The van der Waals surface area contributed by atoms with Crippen molar-refractivity contribution in [1.29, 1.82) is 0 Å². The summed E-state index contributed by atoms with van der Waals surface area (Å²) in [6.45, 7) is 10.6. The summed E-state index contributed by atoms with van der Waals surface area (Å²) < 4.78 is 0. The second-order valence-electron chi connectivity index (χ2n) is 5.01. The Hall–Kier alpha value is -0.570. The van der Waals surface area contributed by atoms with Crippen LogP contribution in [0.1, 0.15) is 41.0 Å². The van der Waals surface area contributed by atoms with Gasteiger partial charge >= 0.3 is 0 Å². The van der Waals surface area contributed by atoms with Crippen LogP contribution in [0.15, 0.2) is 0 Å². The van der Waals surface area contributed by atoms with E-state index in [4.69, 9.17) is 5.73 Å². The fourth-order valence-electron chi connectivity index (χ4n) is 0.708. The van der Waals surface area contributed by atoms with E-state index in [1.165, 1.54) is 0 Å². The maximum Gasteiger partial charge on any atom is 0.239 e. The first-order valence-corrected chi connectivity index (χ1v) is 4.76. The predicted molar refractivity (Wildman–Crippen MR) is 55.3 cm³/mol. The summed E-state index contributed by atoms with van der Waals surface area (Å²) in [4.78, 5) is 11.5. The minimum Gasteiger partial charge on any atom is -0.354 e. The van der Waals surface area contributed by atoms with Crippen molar-refractivity contribution in [3.05, 3.63) is 0 Å². The summed E-state index contributed by atoms with van der Waals surface area (Å²) in [6.07, 6.45) is 0.656. The number of nitrogens with one attached hydrogen (secondary N) is 1. The van der Waals surface area contributed by atoms with Crippen molar-refractivity contribution in [2.45, 2.75) is 46.6 Å². The van der Waals surface area contributed by atoms with Gasteiger partial charge in [-0.15, -0.1) is 0 Å². The van der Waals surface area contributed by atoms with Gasteiger partial charge in [-0.05, 0) is 18.8 Å². The Balaban J connectivity index is 4.03. The molecule has 0 aromatic carbocycles. The molecule has 3 heteroatoms. The summed E-state index contributed by atoms with van der Waals surface area (Å²) in [7, 11) is 0. The molecule has 0 saturated carbocycles. The van der Waals surface area contributed by atoms with Gasteiger partial charge in [0, 0.05) is 6.54 Å². The average Bonchev–Trinajstić information content (AvgIpc) is 1.98. The van der Waals surface area contributed by atoms with E-state index in [-0.39, 0.29) is 11.3 Å². The van der Waals surface area contributed by atoms with Crippen LogP contribution in [0.4, 0.5) is 0 Å². The predicted octanol–water partition coefficient (Wildman–Crippen LogP) is 1.28. The lowest BCUT2D eigenvalue weighted by atomic mass is 9.95. The number of hydrogen-bond donors (Lipinski definition) is 2. The lowest BCUT2D eigenvalue weighted by Gasteiger charge is -2.25. The molecule has 0 radical (unpaired) electrons. The molecule has 0 aromatic rings. The first kappa shape index (κ1) is 12.4. The van der Waals surface area contributed by atoms with Crippen molar-refractivity contribution >= 4 is 5.91 Å². The van der Waals surface area contributed by atoms with Crippen LogP contribution in [-0.2, 0) is 4.79 Å². The monoisotopic (exact) mass is 186 g/mol. The maximum absolute atomic E-state index is 11.5. The molecule has 0 aliphatic rings. The van der Waals surface area contributed by atoms with E-state index in [9.17, 15) is 4.79 Å². The fraction of sp³-hybridized carbons (Fsp3) is 0.900. The molecule has 0 rings (SSSR count). The van der Waals surface area contributed by atoms with Crippen LogP contribution < -0.4 is 11.1 Å². The summed E-state index contributed by atoms with van der Waals surface area (Å²) in [5, 5.41) is 2.85. The lowest BCUT2D eigenvalue weighted by molar-refractivity contribution is -0.126. The Kier molecular flexibility index (Phi) is 3.91. The van der Waals surface area contributed by atoms with E-state index in [1.807, 2.05) is 6.92 Å². The first-order valence-electron chi connectivity index (χ1n) is 4.76. The van der Waals surface area contributed by atoms with Gasteiger partial charge in [0.2, 0.25) is 5.91 Å². The third-order valence-electron chi connectivity index (χ3n) is 2.03. The highest BCUT2D eigenvalue weighted by Gasteiger charge is 2.26. The molecular formula is C10H22N2O. The SMILES string of the molecule is CCC(C)(N)C(=O)NCC(C)(C)C. The minimum absolute atomic E-state index is 0.0649. The van der Waals surface area contributed by atoms with Crippen molar-refractivity contribution in [1.82, 2.24) is 5.32 Å². The van der Waals surface area contributed by atoms with Gasteiger partial charge in [0.05, 0.1) is 5.54 Å². The van der Waals surface area contributed by atoms with E-state index in [0.717, 1.165) is 0 Å². The van der Waals surface area contributed by atoms with Gasteiger partial charge in [0.15, 0.2) is 0 Å². The van der Waals surface area contributed by atoms with Crippen molar-refractivity contribution in [3.8, 4) is 0 Å².